The third-order valence-electron chi connectivity index (χ3n) is 11.1. The number of hydrogen-bond donors (Lipinski definition) is 0. The van der Waals surface area contributed by atoms with Crippen LogP contribution in [0.3, 0.4) is 0 Å². The lowest BCUT2D eigenvalue weighted by Crippen LogP contribution is -2.06. The van der Waals surface area contributed by atoms with E-state index in [2.05, 4.69) is 115 Å². The maximum atomic E-state index is 6.57. The standard InChI is InChI=1S/C50H27N3O2/c1-2-12-29(13-3-1)48-51-49(32-22-23-36-34-17-8-10-20-43(34)54-45(36)26-32)53-50(52-48)42-27-39-35-18-9-11-21-44(35)55-46(39)28-41(42)47-37-19-7-6-16-33(37)38-24-30-14-4-5-15-31(30)25-40(38)47/h1-2,4-12,14-28,47H/t47-/m0/s1. The molecule has 0 amide bonds. The van der Waals surface area contributed by atoms with Gasteiger partial charge in [-0.3, -0.25) is 0 Å². The van der Waals surface area contributed by atoms with Crippen LogP contribution in [0.4, 0.5) is 0 Å². The van der Waals surface area contributed by atoms with Gasteiger partial charge in [0.25, 0.3) is 0 Å². The van der Waals surface area contributed by atoms with Crippen LogP contribution in [0.15, 0.2) is 167 Å². The van der Waals surface area contributed by atoms with Gasteiger partial charge in [0.15, 0.2) is 17.5 Å². The minimum Gasteiger partial charge on any atom is -0.456 e. The van der Waals surface area contributed by atoms with Crippen LogP contribution >= 0.6 is 0 Å². The number of aromatic nitrogens is 3. The predicted octanol–water partition coefficient (Wildman–Crippen LogP) is 12.6. The molecule has 1 aliphatic carbocycles. The first-order valence-electron chi connectivity index (χ1n) is 18.4. The number of nitrogens with zero attached hydrogens (tertiary/aromatic N) is 3. The topological polar surface area (TPSA) is 65.0 Å². The van der Waals surface area contributed by atoms with Gasteiger partial charge in [-0.2, -0.15) is 0 Å². The lowest BCUT2D eigenvalue weighted by Gasteiger charge is -2.19. The minimum absolute atomic E-state index is 0.101. The number of para-hydroxylation sites is 2. The maximum absolute atomic E-state index is 6.57. The third-order valence-corrected chi connectivity index (χ3v) is 11.1. The van der Waals surface area contributed by atoms with Crippen molar-refractivity contribution in [2.45, 2.75) is 5.92 Å². The normalized spacial score (nSPS) is 13.5. The summed E-state index contributed by atoms with van der Waals surface area (Å²) in [7, 11) is 0. The molecular formula is C50H27N3O2. The van der Waals surface area contributed by atoms with Crippen LogP contribution < -0.4 is 0 Å². The second-order valence-corrected chi connectivity index (χ2v) is 14.2. The Labute approximate surface area is 315 Å². The number of rotatable bonds is 4. The van der Waals surface area contributed by atoms with Gasteiger partial charge < -0.3 is 8.83 Å². The zero-order valence-corrected chi connectivity index (χ0v) is 29.2. The summed E-state index contributed by atoms with van der Waals surface area (Å²) < 4.78 is 12.9. The molecule has 0 saturated carbocycles. The van der Waals surface area contributed by atoms with Gasteiger partial charge in [0.2, 0.25) is 0 Å². The average molecular weight is 702 g/mol. The van der Waals surface area contributed by atoms with Crippen LogP contribution in [0.2, 0.25) is 0 Å². The summed E-state index contributed by atoms with van der Waals surface area (Å²) >= 11 is 0. The Bertz CT molecular complexity index is 3340. The van der Waals surface area contributed by atoms with Crippen molar-refractivity contribution in [1.29, 1.82) is 0 Å². The Kier molecular flexibility index (Phi) is 6.25. The third kappa shape index (κ3) is 4.59. The molecule has 3 aromatic heterocycles. The molecule has 254 valence electrons. The lowest BCUT2D eigenvalue weighted by atomic mass is 9.84. The second-order valence-electron chi connectivity index (χ2n) is 14.2. The van der Waals surface area contributed by atoms with Crippen molar-refractivity contribution in [1.82, 2.24) is 15.0 Å². The van der Waals surface area contributed by atoms with Gasteiger partial charge in [0.05, 0.1) is 5.56 Å². The SMILES string of the molecule is c1cccc(-c2nc(-c3ccc4c(c3)oc3ccccc34)nc(-c3cc4c(cc3[C@H]3c5ccccc5-c5cc6ccccc6cc53)oc3ccccc34)n2)c#1. The highest BCUT2D eigenvalue weighted by Gasteiger charge is 2.33. The molecule has 5 nitrogen and oxygen atoms in total. The van der Waals surface area contributed by atoms with Gasteiger partial charge in [-0.05, 0) is 99.3 Å². The summed E-state index contributed by atoms with van der Waals surface area (Å²) in [5, 5.41) is 6.59. The molecule has 0 fully saturated rings. The summed E-state index contributed by atoms with van der Waals surface area (Å²) in [6, 6.07) is 61.0. The van der Waals surface area contributed by atoms with Crippen LogP contribution in [-0.2, 0) is 0 Å². The van der Waals surface area contributed by atoms with E-state index in [0.717, 1.165) is 66.1 Å². The van der Waals surface area contributed by atoms with Gasteiger partial charge in [-0.15, -0.1) is 0 Å². The lowest BCUT2D eigenvalue weighted by molar-refractivity contribution is 0.668. The molecule has 0 bridgehead atoms. The molecule has 55 heavy (non-hydrogen) atoms. The summed E-state index contributed by atoms with van der Waals surface area (Å²) in [6.07, 6.45) is 0. The summed E-state index contributed by atoms with van der Waals surface area (Å²) in [5.41, 5.74) is 11.8. The van der Waals surface area contributed by atoms with E-state index < -0.39 is 0 Å². The fraction of sp³-hybridized carbons (Fsp3) is 0.0200. The van der Waals surface area contributed by atoms with Crippen molar-refractivity contribution < 1.29 is 8.83 Å². The number of fused-ring (bicyclic) bond motifs is 10. The molecule has 0 radical (unpaired) electrons. The molecule has 0 aliphatic heterocycles. The molecule has 0 spiro atoms. The molecule has 12 rings (SSSR count). The summed E-state index contributed by atoms with van der Waals surface area (Å²) in [4.78, 5) is 15.6. The van der Waals surface area contributed by atoms with Gasteiger partial charge in [-0.1, -0.05) is 109 Å². The van der Waals surface area contributed by atoms with Gasteiger partial charge in [-0.25, -0.2) is 15.0 Å². The highest BCUT2D eigenvalue weighted by Crippen LogP contribution is 2.52. The predicted molar refractivity (Wildman–Crippen MR) is 219 cm³/mol. The van der Waals surface area contributed by atoms with Gasteiger partial charge >= 0.3 is 0 Å². The van der Waals surface area contributed by atoms with Gasteiger partial charge in [0, 0.05) is 38.6 Å². The second kappa shape index (κ2) is 11.5. The quantitative estimate of drug-likeness (QED) is 0.183. The van der Waals surface area contributed by atoms with Crippen molar-refractivity contribution >= 4 is 54.6 Å². The highest BCUT2D eigenvalue weighted by molar-refractivity contribution is 6.08. The van der Waals surface area contributed by atoms with Crippen LogP contribution in [0, 0.1) is 12.1 Å². The molecule has 11 aromatic rings. The minimum atomic E-state index is -0.101. The van der Waals surface area contributed by atoms with E-state index in [1.165, 1.54) is 33.0 Å². The number of furan rings is 2. The first-order chi connectivity index (χ1) is 27.2. The summed E-state index contributed by atoms with van der Waals surface area (Å²) in [6.45, 7) is 0. The largest absolute Gasteiger partial charge is 0.456 e. The molecule has 0 saturated heterocycles. The van der Waals surface area contributed by atoms with E-state index in [-0.39, 0.29) is 5.92 Å². The zero-order valence-electron chi connectivity index (χ0n) is 29.2. The zero-order chi connectivity index (χ0) is 36.0. The smallest absolute Gasteiger partial charge is 0.172 e. The van der Waals surface area contributed by atoms with Crippen molar-refractivity contribution in [3.63, 3.8) is 0 Å². The average Bonchev–Trinajstić information content (AvgIpc) is 3.91. The van der Waals surface area contributed by atoms with E-state index in [1.54, 1.807) is 0 Å². The molecule has 0 unspecified atom stereocenters. The van der Waals surface area contributed by atoms with E-state index in [4.69, 9.17) is 23.8 Å². The molecule has 0 N–H and O–H groups in total. The molecule has 5 heteroatoms. The molecule has 1 aliphatic rings. The fourth-order valence-corrected chi connectivity index (χ4v) is 8.54. The Morgan fingerprint density at radius 1 is 0.418 bits per heavy atom. The molecule has 1 atom stereocenters. The van der Waals surface area contributed by atoms with Gasteiger partial charge in [0.1, 0.15) is 22.3 Å². The van der Waals surface area contributed by atoms with Crippen molar-refractivity contribution in [3.05, 3.63) is 187 Å². The maximum Gasteiger partial charge on any atom is 0.172 e. The molecule has 8 aromatic carbocycles. The Morgan fingerprint density at radius 2 is 1.07 bits per heavy atom. The van der Waals surface area contributed by atoms with E-state index >= 15 is 0 Å². The van der Waals surface area contributed by atoms with Crippen molar-refractivity contribution in [2.75, 3.05) is 0 Å². The monoisotopic (exact) mass is 701 g/mol. The van der Waals surface area contributed by atoms with E-state index in [9.17, 15) is 0 Å². The van der Waals surface area contributed by atoms with Crippen molar-refractivity contribution in [2.24, 2.45) is 0 Å². The Hall–Kier alpha value is -7.55. The first-order valence-corrected chi connectivity index (χ1v) is 18.4. The van der Waals surface area contributed by atoms with Crippen molar-refractivity contribution in [3.8, 4) is 45.3 Å². The molecule has 3 heterocycles. The van der Waals surface area contributed by atoms with Crippen LogP contribution in [-0.4, -0.2) is 15.0 Å². The van der Waals surface area contributed by atoms with Crippen LogP contribution in [0.5, 0.6) is 0 Å². The first kappa shape index (κ1) is 30.0. The van der Waals surface area contributed by atoms with E-state index in [0.29, 0.717) is 17.5 Å². The Morgan fingerprint density at radius 3 is 1.89 bits per heavy atom. The fourth-order valence-electron chi connectivity index (χ4n) is 8.54. The van der Waals surface area contributed by atoms with E-state index in [1.807, 2.05) is 54.6 Å². The summed E-state index contributed by atoms with van der Waals surface area (Å²) in [5.74, 6) is 1.52. The van der Waals surface area contributed by atoms with Crippen LogP contribution in [0.1, 0.15) is 22.6 Å². The Balaban J connectivity index is 1.15. The number of benzene rings is 7. The molecular weight excluding hydrogens is 675 g/mol. The highest BCUT2D eigenvalue weighted by atomic mass is 16.3. The number of hydrogen-bond acceptors (Lipinski definition) is 5. The van der Waals surface area contributed by atoms with Crippen LogP contribution in [0.25, 0.3) is 99.9 Å².